The topological polar surface area (TPSA) is 13.1 Å². The van der Waals surface area contributed by atoms with Crippen LogP contribution in [0.5, 0.6) is 0 Å². The molecule has 0 fully saturated rings. The second-order valence-corrected chi connectivity index (χ2v) is 5.00. The van der Waals surface area contributed by atoms with Crippen molar-refractivity contribution in [2.45, 2.75) is 17.9 Å². The van der Waals surface area contributed by atoms with E-state index < -0.39 is 0 Å². The van der Waals surface area contributed by atoms with Gasteiger partial charge in [0.2, 0.25) is 0 Å². The van der Waals surface area contributed by atoms with Crippen LogP contribution < -0.4 is 0 Å². The van der Waals surface area contributed by atoms with Crippen molar-refractivity contribution in [2.75, 3.05) is 12.5 Å². The summed E-state index contributed by atoms with van der Waals surface area (Å²) in [5.41, 5.74) is 0. The zero-order chi connectivity index (χ0) is 8.97. The van der Waals surface area contributed by atoms with Crippen molar-refractivity contribution in [3.05, 3.63) is 23.7 Å². The molecule has 0 saturated heterocycles. The first-order valence-corrected chi connectivity index (χ1v) is 6.44. The molecule has 12 heavy (non-hydrogen) atoms. The van der Waals surface area contributed by atoms with E-state index in [0.29, 0.717) is 4.58 Å². The summed E-state index contributed by atoms with van der Waals surface area (Å²) >= 11 is 3.75. The van der Waals surface area contributed by atoms with Crippen LogP contribution in [0.4, 0.5) is 0 Å². The lowest BCUT2D eigenvalue weighted by atomic mass is 10.3. The molecule has 1 nitrogen and oxygen atoms in total. The third kappa shape index (κ3) is 2.79. The molecule has 0 saturated carbocycles. The minimum atomic E-state index is 0.621. The first kappa shape index (κ1) is 10.1. The zero-order valence-electron chi connectivity index (χ0n) is 7.66. The minimum Gasteiger partial charge on any atom is -0.466 e. The molecule has 0 N–H and O–H groups in total. The molecule has 0 radical (unpaired) electrons. The summed E-state index contributed by atoms with van der Waals surface area (Å²) < 4.78 is 6.11. The van der Waals surface area contributed by atoms with Gasteiger partial charge in [0, 0.05) is 6.42 Å². The van der Waals surface area contributed by atoms with Crippen molar-refractivity contribution in [2.24, 2.45) is 0 Å². The first-order chi connectivity index (χ1) is 5.76. The van der Waals surface area contributed by atoms with Crippen molar-refractivity contribution < 1.29 is 4.42 Å². The summed E-state index contributed by atoms with van der Waals surface area (Å²) in [5.74, 6) is 2.10. The van der Waals surface area contributed by atoms with Crippen molar-refractivity contribution in [3.8, 4) is 0 Å². The van der Waals surface area contributed by atoms with Gasteiger partial charge in [-0.2, -0.15) is 23.5 Å². The molecule has 0 spiro atoms. The summed E-state index contributed by atoms with van der Waals surface area (Å²) in [6.45, 7) is 1.98. The predicted molar refractivity (Wildman–Crippen MR) is 58.0 cm³/mol. The fraction of sp³-hybridized carbons (Fsp3) is 0.556. The number of aryl methyl sites for hydroxylation is 1. The summed E-state index contributed by atoms with van der Waals surface area (Å²) in [5, 5.41) is 0. The van der Waals surface area contributed by atoms with E-state index in [0.717, 1.165) is 17.9 Å². The Balaban J connectivity index is 2.50. The number of furan rings is 1. The minimum absolute atomic E-state index is 0.621. The molecular formula is C9H14OS2. The highest BCUT2D eigenvalue weighted by Gasteiger charge is 2.08. The highest BCUT2D eigenvalue weighted by atomic mass is 32.2. The molecule has 1 aromatic rings. The van der Waals surface area contributed by atoms with Crippen molar-refractivity contribution in [1.29, 1.82) is 0 Å². The van der Waals surface area contributed by atoms with Crippen LogP contribution in [0.3, 0.4) is 0 Å². The van der Waals surface area contributed by atoms with Crippen LogP contribution in [0.2, 0.25) is 0 Å². The van der Waals surface area contributed by atoms with Gasteiger partial charge in [0.1, 0.15) is 11.5 Å². The molecule has 0 atom stereocenters. The van der Waals surface area contributed by atoms with Crippen molar-refractivity contribution in [1.82, 2.24) is 0 Å². The van der Waals surface area contributed by atoms with E-state index in [1.807, 2.05) is 36.5 Å². The molecule has 0 aliphatic carbocycles. The maximum atomic E-state index is 5.49. The molecule has 0 bridgehead atoms. The van der Waals surface area contributed by atoms with Gasteiger partial charge in [0.15, 0.2) is 0 Å². The smallest absolute Gasteiger partial charge is 0.106 e. The van der Waals surface area contributed by atoms with E-state index in [9.17, 15) is 0 Å². The molecule has 0 aliphatic heterocycles. The molecule has 68 valence electrons. The Labute approximate surface area is 82.3 Å². The van der Waals surface area contributed by atoms with Gasteiger partial charge in [-0.1, -0.05) is 0 Å². The van der Waals surface area contributed by atoms with E-state index in [2.05, 4.69) is 18.6 Å². The quantitative estimate of drug-likeness (QED) is 0.696. The Morgan fingerprint density at radius 3 is 2.42 bits per heavy atom. The lowest BCUT2D eigenvalue weighted by Crippen LogP contribution is -1.98. The number of thioether (sulfide) groups is 2. The van der Waals surface area contributed by atoms with Gasteiger partial charge in [-0.3, -0.25) is 0 Å². The summed E-state index contributed by atoms with van der Waals surface area (Å²) in [6, 6.07) is 4.09. The highest BCUT2D eigenvalue weighted by molar-refractivity contribution is 8.16. The standard InChI is InChI=1S/C9H14OS2/c1-7-4-5-8(10-7)6-9(11-2)12-3/h4-5,9H,6H2,1-3H3. The van der Waals surface area contributed by atoms with Crippen molar-refractivity contribution in [3.63, 3.8) is 0 Å². The van der Waals surface area contributed by atoms with E-state index in [1.54, 1.807) is 0 Å². The summed E-state index contributed by atoms with van der Waals surface area (Å²) in [4.78, 5) is 0. The molecule has 3 heteroatoms. The van der Waals surface area contributed by atoms with Gasteiger partial charge in [0.05, 0.1) is 4.58 Å². The first-order valence-electron chi connectivity index (χ1n) is 3.87. The molecule has 1 heterocycles. The Morgan fingerprint density at radius 1 is 1.33 bits per heavy atom. The predicted octanol–water partition coefficient (Wildman–Crippen LogP) is 3.18. The van der Waals surface area contributed by atoms with Crippen LogP contribution in [0.1, 0.15) is 11.5 Å². The van der Waals surface area contributed by atoms with Gasteiger partial charge in [-0.15, -0.1) is 0 Å². The molecule has 0 amide bonds. The van der Waals surface area contributed by atoms with Crippen LogP contribution in [0.25, 0.3) is 0 Å². The zero-order valence-corrected chi connectivity index (χ0v) is 9.30. The van der Waals surface area contributed by atoms with E-state index >= 15 is 0 Å². The molecule has 0 aromatic carbocycles. The molecule has 0 unspecified atom stereocenters. The maximum absolute atomic E-state index is 5.49. The monoisotopic (exact) mass is 202 g/mol. The van der Waals surface area contributed by atoms with Gasteiger partial charge in [-0.25, -0.2) is 0 Å². The van der Waals surface area contributed by atoms with Crippen LogP contribution in [0, 0.1) is 6.92 Å². The molecule has 1 rings (SSSR count). The fourth-order valence-corrected chi connectivity index (χ4v) is 2.45. The number of hydrogen-bond acceptors (Lipinski definition) is 3. The van der Waals surface area contributed by atoms with E-state index in [4.69, 9.17) is 4.42 Å². The van der Waals surface area contributed by atoms with Gasteiger partial charge < -0.3 is 4.42 Å². The average molecular weight is 202 g/mol. The Kier molecular flexibility index (Phi) is 4.09. The number of rotatable bonds is 4. The SMILES string of the molecule is CSC(Cc1ccc(C)o1)SC. The normalized spacial score (nSPS) is 11.0. The third-order valence-electron chi connectivity index (χ3n) is 1.69. The second kappa shape index (κ2) is 4.87. The molecular weight excluding hydrogens is 188 g/mol. The Bertz CT molecular complexity index is 228. The summed E-state index contributed by atoms with van der Waals surface area (Å²) in [7, 11) is 0. The lowest BCUT2D eigenvalue weighted by Gasteiger charge is -2.08. The maximum Gasteiger partial charge on any atom is 0.106 e. The fourth-order valence-electron chi connectivity index (χ4n) is 1.02. The van der Waals surface area contributed by atoms with Gasteiger partial charge >= 0.3 is 0 Å². The van der Waals surface area contributed by atoms with Gasteiger partial charge in [-0.05, 0) is 31.6 Å². The average Bonchev–Trinajstić information content (AvgIpc) is 2.47. The van der Waals surface area contributed by atoms with Crippen LogP contribution in [0.15, 0.2) is 16.5 Å². The number of hydrogen-bond donors (Lipinski definition) is 0. The molecule has 1 aromatic heterocycles. The summed E-state index contributed by atoms with van der Waals surface area (Å²) in [6.07, 6.45) is 5.30. The Hall–Kier alpha value is -0.0200. The third-order valence-corrected chi connectivity index (χ3v) is 4.23. The van der Waals surface area contributed by atoms with E-state index in [1.165, 1.54) is 0 Å². The van der Waals surface area contributed by atoms with Crippen LogP contribution in [-0.4, -0.2) is 17.1 Å². The van der Waals surface area contributed by atoms with Gasteiger partial charge in [0.25, 0.3) is 0 Å². The van der Waals surface area contributed by atoms with Crippen LogP contribution >= 0.6 is 23.5 Å². The highest BCUT2D eigenvalue weighted by Crippen LogP contribution is 2.23. The second-order valence-electron chi connectivity index (χ2n) is 2.62. The molecule has 0 aliphatic rings. The van der Waals surface area contributed by atoms with Crippen molar-refractivity contribution >= 4 is 23.5 Å². The lowest BCUT2D eigenvalue weighted by molar-refractivity contribution is 0.488. The van der Waals surface area contributed by atoms with Crippen LogP contribution in [-0.2, 0) is 6.42 Å². The largest absolute Gasteiger partial charge is 0.466 e. The Morgan fingerprint density at radius 2 is 2.00 bits per heavy atom. The van der Waals surface area contributed by atoms with E-state index in [-0.39, 0.29) is 0 Å².